The van der Waals surface area contributed by atoms with Crippen molar-refractivity contribution >= 4 is 17.5 Å². The average Bonchev–Trinajstić information content (AvgIpc) is 2.87. The van der Waals surface area contributed by atoms with Crippen molar-refractivity contribution in [2.24, 2.45) is 5.92 Å². The third-order valence-electron chi connectivity index (χ3n) is 6.71. The Morgan fingerprint density at radius 1 is 1.14 bits per heavy atom. The van der Waals surface area contributed by atoms with Crippen molar-refractivity contribution in [1.29, 1.82) is 0 Å². The minimum absolute atomic E-state index is 0.0843. The third-order valence-corrected chi connectivity index (χ3v) is 6.71. The number of carbonyl (C=O) groups excluding carboxylic acids is 2. The van der Waals surface area contributed by atoms with Gasteiger partial charge in [0.05, 0.1) is 11.7 Å². The minimum atomic E-state index is -0.128. The zero-order chi connectivity index (χ0) is 25.4. The summed E-state index contributed by atoms with van der Waals surface area (Å²) in [6.07, 6.45) is 1.23. The molecule has 0 aromatic heterocycles. The van der Waals surface area contributed by atoms with Crippen molar-refractivity contribution in [3.63, 3.8) is 0 Å². The van der Waals surface area contributed by atoms with Gasteiger partial charge in [0.25, 0.3) is 5.91 Å². The summed E-state index contributed by atoms with van der Waals surface area (Å²) < 4.78 is 12.1. The third kappa shape index (κ3) is 7.29. The van der Waals surface area contributed by atoms with Gasteiger partial charge < -0.3 is 19.7 Å². The Morgan fingerprint density at radius 2 is 1.89 bits per heavy atom. The maximum absolute atomic E-state index is 13.3. The fourth-order valence-corrected chi connectivity index (χ4v) is 4.40. The highest BCUT2D eigenvalue weighted by molar-refractivity contribution is 5.98. The molecule has 7 nitrogen and oxygen atoms in total. The first-order valence-electron chi connectivity index (χ1n) is 12.4. The van der Waals surface area contributed by atoms with Crippen LogP contribution < -0.4 is 10.1 Å². The van der Waals surface area contributed by atoms with Crippen LogP contribution in [0.5, 0.6) is 5.75 Å². The molecule has 0 saturated carbocycles. The summed E-state index contributed by atoms with van der Waals surface area (Å²) in [4.78, 5) is 29.3. The molecular formula is C28H39N3O4. The number of hydrogen-bond donors (Lipinski definition) is 1. The van der Waals surface area contributed by atoms with Crippen LogP contribution in [0.15, 0.2) is 48.5 Å². The number of anilines is 1. The van der Waals surface area contributed by atoms with Crippen LogP contribution in [0.3, 0.4) is 0 Å². The molecule has 2 aromatic rings. The first-order valence-corrected chi connectivity index (χ1v) is 12.4. The number of methoxy groups -OCH3 is 1. The lowest BCUT2D eigenvalue weighted by molar-refractivity contribution is -0.115. The summed E-state index contributed by atoms with van der Waals surface area (Å²) in [7, 11) is 3.50. The molecule has 1 heterocycles. The van der Waals surface area contributed by atoms with Gasteiger partial charge in [-0.2, -0.15) is 0 Å². The van der Waals surface area contributed by atoms with Crippen molar-refractivity contribution in [3.8, 4) is 5.75 Å². The summed E-state index contributed by atoms with van der Waals surface area (Å²) >= 11 is 0. The quantitative estimate of drug-likeness (QED) is 0.673. The van der Waals surface area contributed by atoms with Gasteiger partial charge >= 0.3 is 0 Å². The van der Waals surface area contributed by atoms with Gasteiger partial charge in [0.2, 0.25) is 5.91 Å². The smallest absolute Gasteiger partial charge is 0.257 e. The predicted octanol–water partition coefficient (Wildman–Crippen LogP) is 4.08. The van der Waals surface area contributed by atoms with Crippen molar-refractivity contribution in [1.82, 2.24) is 9.80 Å². The van der Waals surface area contributed by atoms with E-state index in [1.54, 1.807) is 44.2 Å². The normalized spacial score (nSPS) is 21.9. The van der Waals surface area contributed by atoms with Gasteiger partial charge in [-0.15, -0.1) is 0 Å². The molecule has 0 bridgehead atoms. The van der Waals surface area contributed by atoms with Crippen LogP contribution in [-0.2, 0) is 16.0 Å². The molecule has 3 atom stereocenters. The topological polar surface area (TPSA) is 71.1 Å². The van der Waals surface area contributed by atoms with Crippen LogP contribution >= 0.6 is 0 Å². The number of hydrogen-bond acceptors (Lipinski definition) is 5. The second-order valence-electron chi connectivity index (χ2n) is 9.44. The first-order chi connectivity index (χ1) is 16.8. The molecule has 3 rings (SSSR count). The Morgan fingerprint density at radius 3 is 2.57 bits per heavy atom. The monoisotopic (exact) mass is 481 g/mol. The largest absolute Gasteiger partial charge is 0.491 e. The van der Waals surface area contributed by atoms with Gasteiger partial charge in [-0.25, -0.2) is 0 Å². The lowest BCUT2D eigenvalue weighted by Gasteiger charge is -2.36. The van der Waals surface area contributed by atoms with E-state index in [0.29, 0.717) is 36.6 Å². The van der Waals surface area contributed by atoms with Crippen LogP contribution in [0.4, 0.5) is 5.69 Å². The number of nitrogens with zero attached hydrogens (tertiary/aromatic N) is 2. The van der Waals surface area contributed by atoms with Gasteiger partial charge in [-0.3, -0.25) is 14.5 Å². The summed E-state index contributed by atoms with van der Waals surface area (Å²) in [6, 6.07) is 15.8. The van der Waals surface area contributed by atoms with E-state index in [1.165, 1.54) is 5.56 Å². The number of nitrogens with one attached hydrogen (secondary N) is 1. The Balaban J connectivity index is 1.89. The second-order valence-corrected chi connectivity index (χ2v) is 9.44. The molecule has 0 spiro atoms. The molecule has 0 saturated heterocycles. The van der Waals surface area contributed by atoms with Crippen LogP contribution in [0.1, 0.15) is 43.1 Å². The molecule has 1 aliphatic heterocycles. The van der Waals surface area contributed by atoms with Crippen LogP contribution in [-0.4, -0.2) is 74.2 Å². The average molecular weight is 482 g/mol. The van der Waals surface area contributed by atoms with Crippen molar-refractivity contribution in [2.75, 3.05) is 45.7 Å². The summed E-state index contributed by atoms with van der Waals surface area (Å²) in [5.41, 5.74) is 2.40. The maximum Gasteiger partial charge on any atom is 0.257 e. The zero-order valence-corrected chi connectivity index (χ0v) is 21.6. The highest BCUT2D eigenvalue weighted by atomic mass is 16.5. The number of ether oxygens (including phenoxy) is 2. The standard InChI is InChI=1S/C28H39N3O4/c1-6-27(32)29-23-12-13-24-25(16-23)35-19-21(3)31(15-14-22-10-8-7-9-11-22)17-20(2)26(34-5)18-30(4)28(24)33/h7-13,16,20-21,26H,6,14-15,17-19H2,1-5H3,(H,29,32)/t20-,21+,26+/m1/s1. The zero-order valence-electron chi connectivity index (χ0n) is 21.6. The SMILES string of the molecule is CCC(=O)Nc1ccc2c(c1)OC[C@H](C)N(CCc1ccccc1)C[C@@H](C)[C@@H](OC)CN(C)C2=O. The van der Waals surface area contributed by atoms with Gasteiger partial charge in [-0.05, 0) is 37.0 Å². The summed E-state index contributed by atoms with van der Waals surface area (Å²) in [6.45, 7) is 8.76. The van der Waals surface area contributed by atoms with E-state index >= 15 is 0 Å². The predicted molar refractivity (Wildman–Crippen MR) is 139 cm³/mol. The van der Waals surface area contributed by atoms with E-state index in [0.717, 1.165) is 19.5 Å². The maximum atomic E-state index is 13.3. The molecule has 190 valence electrons. The summed E-state index contributed by atoms with van der Waals surface area (Å²) in [5, 5.41) is 2.86. The number of likely N-dealkylation sites (N-methyl/N-ethyl adjacent to an activating group) is 1. The minimum Gasteiger partial charge on any atom is -0.491 e. The Kier molecular flexibility index (Phi) is 9.69. The fourth-order valence-electron chi connectivity index (χ4n) is 4.40. The van der Waals surface area contributed by atoms with Gasteiger partial charge in [0, 0.05) is 58.0 Å². The van der Waals surface area contributed by atoms with Gasteiger partial charge in [-0.1, -0.05) is 44.2 Å². The number of benzene rings is 2. The van der Waals surface area contributed by atoms with Gasteiger partial charge in [0.1, 0.15) is 12.4 Å². The second kappa shape index (κ2) is 12.7. The molecule has 1 N–H and O–H groups in total. The van der Waals surface area contributed by atoms with Gasteiger partial charge in [0.15, 0.2) is 0 Å². The van der Waals surface area contributed by atoms with Crippen LogP contribution in [0, 0.1) is 5.92 Å². The molecule has 1 aliphatic rings. The molecule has 35 heavy (non-hydrogen) atoms. The van der Waals surface area contributed by atoms with Crippen molar-refractivity contribution in [3.05, 3.63) is 59.7 Å². The van der Waals surface area contributed by atoms with E-state index in [1.807, 2.05) is 6.07 Å². The number of fused-ring (bicyclic) bond motifs is 1. The highest BCUT2D eigenvalue weighted by Gasteiger charge is 2.28. The fraction of sp³-hybridized carbons (Fsp3) is 0.500. The Labute approximate surface area is 209 Å². The highest BCUT2D eigenvalue weighted by Crippen LogP contribution is 2.27. The van der Waals surface area contributed by atoms with Crippen LogP contribution in [0.25, 0.3) is 0 Å². The molecule has 7 heteroatoms. The number of rotatable bonds is 6. The Hall–Kier alpha value is -2.90. The molecular weight excluding hydrogens is 442 g/mol. The number of carbonyl (C=O) groups is 2. The molecule has 0 unspecified atom stereocenters. The van der Waals surface area contributed by atoms with E-state index in [-0.39, 0.29) is 29.9 Å². The lowest BCUT2D eigenvalue weighted by Crippen LogP contribution is -2.47. The molecule has 0 aliphatic carbocycles. The van der Waals surface area contributed by atoms with E-state index in [9.17, 15) is 9.59 Å². The molecule has 2 aromatic carbocycles. The lowest BCUT2D eigenvalue weighted by atomic mass is 10.0. The first kappa shape index (κ1) is 26.7. The molecule has 2 amide bonds. The van der Waals surface area contributed by atoms with E-state index in [4.69, 9.17) is 9.47 Å². The van der Waals surface area contributed by atoms with Crippen LogP contribution in [0.2, 0.25) is 0 Å². The Bertz CT molecular complexity index is 981. The van der Waals surface area contributed by atoms with E-state index in [2.05, 4.69) is 48.3 Å². The number of amides is 2. The molecule has 0 fully saturated rings. The van der Waals surface area contributed by atoms with Crippen molar-refractivity contribution in [2.45, 2.75) is 45.8 Å². The van der Waals surface area contributed by atoms with Crippen molar-refractivity contribution < 1.29 is 19.1 Å². The van der Waals surface area contributed by atoms with E-state index < -0.39 is 0 Å². The molecule has 0 radical (unpaired) electrons. The summed E-state index contributed by atoms with van der Waals surface area (Å²) in [5.74, 6) is 0.489.